The average molecular weight is 327 g/mol. The van der Waals surface area contributed by atoms with Gasteiger partial charge in [0.1, 0.15) is 6.10 Å². The molecule has 1 atom stereocenters. The van der Waals surface area contributed by atoms with Crippen LogP contribution in [-0.4, -0.2) is 18.0 Å². The van der Waals surface area contributed by atoms with Crippen LogP contribution in [-0.2, 0) is 14.3 Å². The van der Waals surface area contributed by atoms with Crippen molar-refractivity contribution in [1.29, 1.82) is 0 Å². The van der Waals surface area contributed by atoms with Gasteiger partial charge in [-0.3, -0.25) is 13.1 Å². The number of hydrogen-bond acceptors (Lipinski definition) is 3. The molecule has 0 aliphatic rings. The molecular formula is C10H18INO3. The molecule has 0 aromatic rings. The van der Waals surface area contributed by atoms with Gasteiger partial charge in [0, 0.05) is 6.42 Å². The van der Waals surface area contributed by atoms with E-state index in [9.17, 15) is 9.59 Å². The first kappa shape index (κ1) is 14.7. The smallest absolute Gasteiger partial charge is 0.306 e. The number of carbonyl (C=O) groups is 2. The van der Waals surface area contributed by atoms with Gasteiger partial charge in [-0.1, -0.05) is 20.8 Å². The highest BCUT2D eigenvalue weighted by molar-refractivity contribution is 14.1. The van der Waals surface area contributed by atoms with Crippen LogP contribution < -0.4 is 3.53 Å². The Morgan fingerprint density at radius 1 is 1.33 bits per heavy atom. The standard InChI is InChI=1S/C10H18INO3/c1-4-8(7(2)3)15-10(14)6-5-9(13)12-11/h7-8H,4-6H2,1-3H3,(H,12,13). The summed E-state index contributed by atoms with van der Waals surface area (Å²) in [5, 5.41) is 0. The molecule has 0 bridgehead atoms. The van der Waals surface area contributed by atoms with E-state index < -0.39 is 0 Å². The third-order valence-electron chi connectivity index (χ3n) is 2.09. The molecule has 0 radical (unpaired) electrons. The molecule has 4 nitrogen and oxygen atoms in total. The predicted molar refractivity (Wildman–Crippen MR) is 66.4 cm³/mol. The lowest BCUT2D eigenvalue weighted by molar-refractivity contribution is -0.152. The van der Waals surface area contributed by atoms with Crippen LogP contribution in [0.5, 0.6) is 0 Å². The minimum Gasteiger partial charge on any atom is -0.462 e. The fraction of sp³-hybridized carbons (Fsp3) is 0.800. The fourth-order valence-electron chi connectivity index (χ4n) is 1.18. The van der Waals surface area contributed by atoms with Crippen molar-refractivity contribution in [3.8, 4) is 0 Å². The summed E-state index contributed by atoms with van der Waals surface area (Å²) < 4.78 is 7.67. The van der Waals surface area contributed by atoms with Gasteiger partial charge in [0.25, 0.3) is 0 Å². The van der Waals surface area contributed by atoms with Gasteiger partial charge in [0.05, 0.1) is 29.3 Å². The molecule has 0 aromatic heterocycles. The molecule has 5 heteroatoms. The Morgan fingerprint density at radius 3 is 2.33 bits per heavy atom. The Balaban J connectivity index is 3.86. The van der Waals surface area contributed by atoms with Crippen molar-refractivity contribution in [3.63, 3.8) is 0 Å². The second-order valence-corrected chi connectivity index (χ2v) is 4.24. The summed E-state index contributed by atoms with van der Waals surface area (Å²) in [6.45, 7) is 6.01. The number of rotatable bonds is 6. The van der Waals surface area contributed by atoms with Gasteiger partial charge in [0.2, 0.25) is 5.91 Å². The first-order valence-corrected chi connectivity index (χ1v) is 6.18. The van der Waals surface area contributed by atoms with Crippen LogP contribution in [0, 0.1) is 5.92 Å². The SMILES string of the molecule is CCC(OC(=O)CCC(=O)NI)C(C)C. The molecule has 0 spiro atoms. The fourth-order valence-corrected chi connectivity index (χ4v) is 1.45. The summed E-state index contributed by atoms with van der Waals surface area (Å²) in [6.07, 6.45) is 1.11. The predicted octanol–water partition coefficient (Wildman–Crippen LogP) is 2.21. The molecule has 1 N–H and O–H groups in total. The van der Waals surface area contributed by atoms with Crippen LogP contribution in [0.15, 0.2) is 0 Å². The van der Waals surface area contributed by atoms with Gasteiger partial charge in [0.15, 0.2) is 0 Å². The summed E-state index contributed by atoms with van der Waals surface area (Å²) in [6, 6.07) is 0. The molecule has 0 saturated heterocycles. The molecule has 0 saturated carbocycles. The summed E-state index contributed by atoms with van der Waals surface area (Å²) in [5.41, 5.74) is 0. The van der Waals surface area contributed by atoms with Crippen molar-refractivity contribution in [2.75, 3.05) is 0 Å². The van der Waals surface area contributed by atoms with E-state index in [1.54, 1.807) is 22.9 Å². The molecule has 0 aliphatic carbocycles. The zero-order chi connectivity index (χ0) is 11.8. The van der Waals surface area contributed by atoms with E-state index in [-0.39, 0.29) is 30.8 Å². The molecule has 1 amide bonds. The lowest BCUT2D eigenvalue weighted by atomic mass is 10.1. The lowest BCUT2D eigenvalue weighted by Crippen LogP contribution is -2.23. The number of halogens is 1. The lowest BCUT2D eigenvalue weighted by Gasteiger charge is -2.19. The molecule has 0 heterocycles. The summed E-state index contributed by atoms with van der Waals surface area (Å²) in [5.74, 6) is -0.127. The van der Waals surface area contributed by atoms with Crippen LogP contribution in [0.4, 0.5) is 0 Å². The molecular weight excluding hydrogens is 309 g/mol. The molecule has 0 fully saturated rings. The molecule has 0 rings (SSSR count). The van der Waals surface area contributed by atoms with Gasteiger partial charge in [-0.25, -0.2) is 0 Å². The molecule has 15 heavy (non-hydrogen) atoms. The van der Waals surface area contributed by atoms with Crippen molar-refractivity contribution in [1.82, 2.24) is 3.53 Å². The molecule has 0 aliphatic heterocycles. The quantitative estimate of drug-likeness (QED) is 0.462. The monoisotopic (exact) mass is 327 g/mol. The average Bonchev–Trinajstić information content (AvgIpc) is 2.21. The van der Waals surface area contributed by atoms with E-state index in [0.717, 1.165) is 6.42 Å². The van der Waals surface area contributed by atoms with Crippen LogP contribution in [0.3, 0.4) is 0 Å². The van der Waals surface area contributed by atoms with Crippen molar-refractivity contribution < 1.29 is 14.3 Å². The Bertz CT molecular complexity index is 219. The third kappa shape index (κ3) is 6.70. The normalized spacial score (nSPS) is 12.3. The number of hydrogen-bond donors (Lipinski definition) is 1. The molecule has 1 unspecified atom stereocenters. The third-order valence-corrected chi connectivity index (χ3v) is 2.69. The Morgan fingerprint density at radius 2 is 1.93 bits per heavy atom. The van der Waals surface area contributed by atoms with Gasteiger partial charge in [-0.05, 0) is 12.3 Å². The Labute approximate surface area is 105 Å². The second-order valence-electron chi connectivity index (χ2n) is 3.70. The first-order chi connectivity index (χ1) is 7.01. The van der Waals surface area contributed by atoms with E-state index in [1.807, 2.05) is 20.8 Å². The zero-order valence-corrected chi connectivity index (χ0v) is 11.5. The highest BCUT2D eigenvalue weighted by Gasteiger charge is 2.16. The number of nitrogens with one attached hydrogen (secondary N) is 1. The van der Waals surface area contributed by atoms with Gasteiger partial charge < -0.3 is 4.74 Å². The molecule has 0 aromatic carbocycles. The highest BCUT2D eigenvalue weighted by atomic mass is 127. The van der Waals surface area contributed by atoms with E-state index in [4.69, 9.17) is 4.74 Å². The summed E-state index contributed by atoms with van der Waals surface area (Å²) >= 11 is 1.75. The van der Waals surface area contributed by atoms with Crippen molar-refractivity contribution in [3.05, 3.63) is 0 Å². The number of amides is 1. The van der Waals surface area contributed by atoms with E-state index >= 15 is 0 Å². The number of esters is 1. The zero-order valence-electron chi connectivity index (χ0n) is 9.38. The Hall–Kier alpha value is -0.330. The number of ether oxygens (including phenoxy) is 1. The largest absolute Gasteiger partial charge is 0.462 e. The minimum atomic E-state index is -0.296. The highest BCUT2D eigenvalue weighted by Crippen LogP contribution is 2.11. The maximum atomic E-state index is 11.3. The minimum absolute atomic E-state index is 0.0415. The summed E-state index contributed by atoms with van der Waals surface area (Å²) in [4.78, 5) is 22.2. The maximum absolute atomic E-state index is 11.3. The number of carbonyl (C=O) groups excluding carboxylic acids is 2. The Kier molecular flexibility index (Phi) is 7.72. The van der Waals surface area contributed by atoms with Gasteiger partial charge in [-0.15, -0.1) is 0 Å². The van der Waals surface area contributed by atoms with Crippen LogP contribution >= 0.6 is 22.9 Å². The van der Waals surface area contributed by atoms with Crippen LogP contribution in [0.2, 0.25) is 0 Å². The maximum Gasteiger partial charge on any atom is 0.306 e. The van der Waals surface area contributed by atoms with Crippen LogP contribution in [0.1, 0.15) is 40.0 Å². The van der Waals surface area contributed by atoms with E-state index in [0.29, 0.717) is 5.92 Å². The van der Waals surface area contributed by atoms with Crippen molar-refractivity contribution in [2.45, 2.75) is 46.1 Å². The topological polar surface area (TPSA) is 55.4 Å². The molecule has 88 valence electrons. The second kappa shape index (κ2) is 7.90. The first-order valence-electron chi connectivity index (χ1n) is 5.10. The van der Waals surface area contributed by atoms with E-state index in [1.165, 1.54) is 0 Å². The van der Waals surface area contributed by atoms with Gasteiger partial charge >= 0.3 is 5.97 Å². The van der Waals surface area contributed by atoms with E-state index in [2.05, 4.69) is 3.53 Å². The summed E-state index contributed by atoms with van der Waals surface area (Å²) in [7, 11) is 0. The van der Waals surface area contributed by atoms with Crippen molar-refractivity contribution in [2.24, 2.45) is 5.92 Å². The van der Waals surface area contributed by atoms with Gasteiger partial charge in [-0.2, -0.15) is 0 Å². The van der Waals surface area contributed by atoms with Crippen molar-refractivity contribution >= 4 is 34.7 Å². The van der Waals surface area contributed by atoms with Crippen LogP contribution in [0.25, 0.3) is 0 Å².